The number of anilines is 1. The van der Waals surface area contributed by atoms with Gasteiger partial charge in [-0.2, -0.15) is 0 Å². The van der Waals surface area contributed by atoms with E-state index in [0.717, 1.165) is 30.4 Å². The molecule has 0 fully saturated rings. The second-order valence-electron chi connectivity index (χ2n) is 5.51. The molecule has 0 unspecified atom stereocenters. The van der Waals surface area contributed by atoms with Gasteiger partial charge < -0.3 is 10.1 Å². The number of hydrogen-bond acceptors (Lipinski definition) is 3. The van der Waals surface area contributed by atoms with E-state index in [0.29, 0.717) is 16.5 Å². The van der Waals surface area contributed by atoms with E-state index in [9.17, 15) is 4.79 Å². The average molecular weight is 336 g/mol. The Morgan fingerprint density at radius 2 is 2.09 bits per heavy atom. The van der Waals surface area contributed by atoms with Crippen LogP contribution in [0.4, 0.5) is 5.69 Å². The number of carbonyl (C=O) groups excluding carboxylic acids is 1. The van der Waals surface area contributed by atoms with Crippen LogP contribution in [-0.2, 0) is 12.8 Å². The monoisotopic (exact) mass is 335 g/mol. The summed E-state index contributed by atoms with van der Waals surface area (Å²) in [4.78, 5) is 14.0. The highest BCUT2D eigenvalue weighted by Gasteiger charge is 2.21. The number of thiophene rings is 1. The fourth-order valence-electron chi connectivity index (χ4n) is 2.80. The molecule has 0 bridgehead atoms. The van der Waals surface area contributed by atoms with Crippen LogP contribution >= 0.6 is 22.9 Å². The Hall–Kier alpha value is -1.52. The Bertz CT molecular complexity index is 724. The lowest BCUT2D eigenvalue weighted by Gasteiger charge is -2.14. The third-order valence-corrected chi connectivity index (χ3v) is 5.53. The van der Waals surface area contributed by atoms with E-state index in [1.54, 1.807) is 24.5 Å². The highest BCUT2D eigenvalue weighted by molar-refractivity contribution is 7.10. The number of methoxy groups -OCH3 is 1. The topological polar surface area (TPSA) is 38.3 Å². The van der Waals surface area contributed by atoms with Crippen molar-refractivity contribution in [2.24, 2.45) is 0 Å². The number of aryl methyl sites for hydroxylation is 2. The van der Waals surface area contributed by atoms with Crippen LogP contribution in [0.5, 0.6) is 5.75 Å². The lowest BCUT2D eigenvalue weighted by molar-refractivity contribution is 0.102. The molecule has 22 heavy (non-hydrogen) atoms. The third kappa shape index (κ3) is 2.85. The molecule has 0 radical (unpaired) electrons. The molecule has 0 aliphatic heterocycles. The summed E-state index contributed by atoms with van der Waals surface area (Å²) in [6.07, 6.45) is 4.47. The maximum atomic E-state index is 12.6. The lowest BCUT2D eigenvalue weighted by atomic mass is 9.95. The zero-order valence-electron chi connectivity index (χ0n) is 12.7. The predicted octanol–water partition coefficient (Wildman–Crippen LogP) is 4.85. The van der Waals surface area contributed by atoms with Gasteiger partial charge in [0.05, 0.1) is 18.4 Å². The van der Waals surface area contributed by atoms with E-state index in [-0.39, 0.29) is 5.91 Å². The summed E-state index contributed by atoms with van der Waals surface area (Å²) in [7, 11) is 1.57. The van der Waals surface area contributed by atoms with Crippen molar-refractivity contribution in [2.45, 2.75) is 32.6 Å². The van der Waals surface area contributed by atoms with Crippen molar-refractivity contribution < 1.29 is 9.53 Å². The van der Waals surface area contributed by atoms with E-state index in [4.69, 9.17) is 16.3 Å². The maximum Gasteiger partial charge on any atom is 0.256 e. The predicted molar refractivity (Wildman–Crippen MR) is 91.7 cm³/mol. The third-order valence-electron chi connectivity index (χ3n) is 4.03. The number of amides is 1. The molecular formula is C17H18ClNO2S. The number of ether oxygens (including phenoxy) is 1. The van der Waals surface area contributed by atoms with E-state index < -0.39 is 0 Å². The Labute approximate surface area is 139 Å². The molecule has 1 aliphatic carbocycles. The highest BCUT2D eigenvalue weighted by atomic mass is 35.5. The summed E-state index contributed by atoms with van der Waals surface area (Å²) in [5.74, 6) is 0.507. The van der Waals surface area contributed by atoms with Crippen LogP contribution in [0.3, 0.4) is 0 Å². The van der Waals surface area contributed by atoms with Crippen molar-refractivity contribution >= 4 is 34.5 Å². The van der Waals surface area contributed by atoms with Crippen LogP contribution < -0.4 is 10.1 Å². The molecule has 3 nitrogen and oxygen atoms in total. The Kier molecular flexibility index (Phi) is 4.41. The van der Waals surface area contributed by atoms with E-state index in [1.807, 2.05) is 18.4 Å². The molecule has 116 valence electrons. The summed E-state index contributed by atoms with van der Waals surface area (Å²) in [5.41, 5.74) is 3.59. The Morgan fingerprint density at radius 3 is 2.86 bits per heavy atom. The lowest BCUT2D eigenvalue weighted by Crippen LogP contribution is -2.15. The Morgan fingerprint density at radius 1 is 1.32 bits per heavy atom. The molecule has 1 aliphatic rings. The Balaban J connectivity index is 1.89. The van der Waals surface area contributed by atoms with Gasteiger partial charge in [-0.25, -0.2) is 0 Å². The van der Waals surface area contributed by atoms with Crippen LogP contribution in [0.25, 0.3) is 0 Å². The molecule has 0 saturated carbocycles. The minimum absolute atomic E-state index is 0.0700. The molecule has 1 amide bonds. The van der Waals surface area contributed by atoms with Gasteiger partial charge in [-0.1, -0.05) is 11.6 Å². The normalized spacial score (nSPS) is 13.6. The largest absolute Gasteiger partial charge is 0.495 e. The quantitative estimate of drug-likeness (QED) is 0.870. The molecule has 1 heterocycles. The van der Waals surface area contributed by atoms with Gasteiger partial charge in [0.1, 0.15) is 5.75 Å². The molecule has 3 rings (SSSR count). The van der Waals surface area contributed by atoms with Gasteiger partial charge in [-0.3, -0.25) is 4.79 Å². The van der Waals surface area contributed by atoms with Gasteiger partial charge in [0.2, 0.25) is 0 Å². The van der Waals surface area contributed by atoms with Crippen molar-refractivity contribution in [3.05, 3.63) is 44.1 Å². The van der Waals surface area contributed by atoms with Gasteiger partial charge >= 0.3 is 0 Å². The second-order valence-corrected chi connectivity index (χ2v) is 6.89. The van der Waals surface area contributed by atoms with Gasteiger partial charge in [-0.15, -0.1) is 11.3 Å². The standard InChI is InChI=1S/C17H18ClNO2S/c1-10-7-14(15(21-2)8-13(10)18)19-17(20)12-9-22-16-6-4-3-5-11(12)16/h7-9H,3-6H2,1-2H3,(H,19,20). The molecule has 0 atom stereocenters. The molecule has 5 heteroatoms. The van der Waals surface area contributed by atoms with Gasteiger partial charge in [0.15, 0.2) is 0 Å². The number of nitrogens with one attached hydrogen (secondary N) is 1. The van der Waals surface area contributed by atoms with Crippen LogP contribution in [0.1, 0.15) is 39.2 Å². The molecule has 0 spiro atoms. The van der Waals surface area contributed by atoms with E-state index >= 15 is 0 Å². The van der Waals surface area contributed by atoms with Crippen molar-refractivity contribution in [2.75, 3.05) is 12.4 Å². The van der Waals surface area contributed by atoms with Crippen LogP contribution in [-0.4, -0.2) is 13.0 Å². The minimum atomic E-state index is -0.0700. The van der Waals surface area contributed by atoms with Gasteiger partial charge in [0.25, 0.3) is 5.91 Å². The first-order valence-corrected chi connectivity index (χ1v) is 8.60. The first-order chi connectivity index (χ1) is 10.6. The molecule has 0 saturated heterocycles. The van der Waals surface area contributed by atoms with Crippen LogP contribution in [0, 0.1) is 6.92 Å². The van der Waals surface area contributed by atoms with Gasteiger partial charge in [0, 0.05) is 21.3 Å². The van der Waals surface area contributed by atoms with Crippen molar-refractivity contribution in [1.82, 2.24) is 0 Å². The summed E-state index contributed by atoms with van der Waals surface area (Å²) < 4.78 is 5.32. The van der Waals surface area contributed by atoms with Crippen LogP contribution in [0.15, 0.2) is 17.5 Å². The molecule has 2 aromatic rings. The summed E-state index contributed by atoms with van der Waals surface area (Å²) >= 11 is 7.80. The maximum absolute atomic E-state index is 12.6. The van der Waals surface area contributed by atoms with E-state index in [1.165, 1.54) is 16.9 Å². The van der Waals surface area contributed by atoms with E-state index in [2.05, 4.69) is 5.32 Å². The number of halogens is 1. The van der Waals surface area contributed by atoms with Crippen molar-refractivity contribution in [3.63, 3.8) is 0 Å². The first kappa shape index (κ1) is 15.4. The molecule has 1 aromatic heterocycles. The molecule has 1 N–H and O–H groups in total. The first-order valence-electron chi connectivity index (χ1n) is 7.35. The minimum Gasteiger partial charge on any atom is -0.495 e. The summed E-state index contributed by atoms with van der Waals surface area (Å²) in [6, 6.07) is 3.58. The zero-order valence-corrected chi connectivity index (χ0v) is 14.2. The summed E-state index contributed by atoms with van der Waals surface area (Å²) in [5, 5.41) is 5.57. The smallest absolute Gasteiger partial charge is 0.256 e. The van der Waals surface area contributed by atoms with Gasteiger partial charge in [-0.05, 0) is 49.8 Å². The average Bonchev–Trinajstić information content (AvgIpc) is 2.94. The fraction of sp³-hybridized carbons (Fsp3) is 0.353. The fourth-order valence-corrected chi connectivity index (χ4v) is 4.08. The molecule has 1 aromatic carbocycles. The number of benzene rings is 1. The van der Waals surface area contributed by atoms with Crippen molar-refractivity contribution in [1.29, 1.82) is 0 Å². The summed E-state index contributed by atoms with van der Waals surface area (Å²) in [6.45, 7) is 1.91. The number of rotatable bonds is 3. The number of hydrogen-bond donors (Lipinski definition) is 1. The zero-order chi connectivity index (χ0) is 15.7. The highest BCUT2D eigenvalue weighted by Crippen LogP contribution is 2.33. The number of carbonyl (C=O) groups is 1. The molecular weight excluding hydrogens is 318 g/mol. The number of fused-ring (bicyclic) bond motifs is 1. The SMILES string of the molecule is COc1cc(Cl)c(C)cc1NC(=O)c1csc2c1CCCC2. The second kappa shape index (κ2) is 6.31. The van der Waals surface area contributed by atoms with Crippen molar-refractivity contribution in [3.8, 4) is 5.75 Å². The van der Waals surface area contributed by atoms with Crippen LogP contribution in [0.2, 0.25) is 5.02 Å².